The van der Waals surface area contributed by atoms with Crippen LogP contribution in [0.25, 0.3) is 0 Å². The summed E-state index contributed by atoms with van der Waals surface area (Å²) in [7, 11) is 3.47. The Hall–Kier alpha value is -3.56. The second-order valence-corrected chi connectivity index (χ2v) is 7.32. The molecule has 31 heavy (non-hydrogen) atoms. The zero-order chi connectivity index (χ0) is 20.6. The molecule has 1 aliphatic heterocycles. The maximum Gasteiger partial charge on any atom is 0.147 e. The molecule has 0 saturated heterocycles. The Balaban J connectivity index is 0.00000231. The standard InChI is InChI=1S/C27H23NO2.CH4/c1-29-22-18-16-20(17-19-22)27(30-2)23-12-6-8-14-25(23)28(21-10-4-3-5-11-21)26-15-9-7-13-24(26)27;/h3-19H,1-2H3;1H4. The summed E-state index contributed by atoms with van der Waals surface area (Å²) in [6, 6.07) is 35.6. The van der Waals surface area contributed by atoms with E-state index in [0.29, 0.717) is 0 Å². The zero-order valence-corrected chi connectivity index (χ0v) is 17.1. The Morgan fingerprint density at radius 2 is 1.13 bits per heavy atom. The lowest BCUT2D eigenvalue weighted by Crippen LogP contribution is -2.38. The van der Waals surface area contributed by atoms with Crippen LogP contribution in [0.4, 0.5) is 17.1 Å². The second kappa shape index (κ2) is 8.29. The Labute approximate surface area is 184 Å². The van der Waals surface area contributed by atoms with E-state index in [1.165, 1.54) is 0 Å². The Morgan fingerprint density at radius 3 is 1.65 bits per heavy atom. The number of nitrogens with zero attached hydrogens (tertiary/aromatic N) is 1. The lowest BCUT2D eigenvalue weighted by atomic mass is 9.75. The van der Waals surface area contributed by atoms with E-state index in [1.54, 1.807) is 14.2 Å². The molecule has 0 atom stereocenters. The van der Waals surface area contributed by atoms with E-state index in [2.05, 4.69) is 89.8 Å². The third-order valence-corrected chi connectivity index (χ3v) is 5.87. The predicted molar refractivity (Wildman–Crippen MR) is 128 cm³/mol. The topological polar surface area (TPSA) is 21.7 Å². The first kappa shape index (κ1) is 20.7. The molecule has 0 bridgehead atoms. The first-order chi connectivity index (χ1) is 14.8. The molecule has 1 aliphatic rings. The number of fused-ring (bicyclic) bond motifs is 2. The van der Waals surface area contributed by atoms with E-state index < -0.39 is 5.60 Å². The van der Waals surface area contributed by atoms with Crippen LogP contribution in [-0.2, 0) is 10.3 Å². The number of hydrogen-bond acceptors (Lipinski definition) is 3. The van der Waals surface area contributed by atoms with E-state index in [1.807, 2.05) is 18.2 Å². The molecular weight excluding hydrogens is 382 g/mol. The van der Waals surface area contributed by atoms with Crippen LogP contribution in [0, 0.1) is 0 Å². The van der Waals surface area contributed by atoms with Gasteiger partial charge in [-0.3, -0.25) is 0 Å². The smallest absolute Gasteiger partial charge is 0.147 e. The van der Waals surface area contributed by atoms with Gasteiger partial charge in [-0.2, -0.15) is 0 Å². The van der Waals surface area contributed by atoms with Crippen LogP contribution in [-0.4, -0.2) is 14.2 Å². The van der Waals surface area contributed by atoms with Crippen molar-refractivity contribution in [2.24, 2.45) is 0 Å². The largest absolute Gasteiger partial charge is 0.497 e. The molecule has 0 fully saturated rings. The molecule has 0 spiro atoms. The average molecular weight is 410 g/mol. The SMILES string of the molecule is C.COc1ccc(C2(OC)c3ccccc3N(c3ccccc3)c3ccccc32)cc1. The van der Waals surface area contributed by atoms with Crippen molar-refractivity contribution < 1.29 is 9.47 Å². The molecule has 0 N–H and O–H groups in total. The molecule has 0 radical (unpaired) electrons. The summed E-state index contributed by atoms with van der Waals surface area (Å²) < 4.78 is 11.8. The number of ether oxygens (including phenoxy) is 2. The molecule has 156 valence electrons. The van der Waals surface area contributed by atoms with Crippen LogP contribution >= 0.6 is 0 Å². The first-order valence-electron chi connectivity index (χ1n) is 10.0. The normalized spacial score (nSPS) is 13.5. The number of rotatable bonds is 4. The molecule has 0 amide bonds. The fourth-order valence-corrected chi connectivity index (χ4v) is 4.54. The predicted octanol–water partition coefficient (Wildman–Crippen LogP) is 7.05. The number of hydrogen-bond donors (Lipinski definition) is 0. The van der Waals surface area contributed by atoms with Gasteiger partial charge in [0.1, 0.15) is 11.4 Å². The zero-order valence-electron chi connectivity index (χ0n) is 17.1. The van der Waals surface area contributed by atoms with Gasteiger partial charge in [0.05, 0.1) is 18.5 Å². The molecule has 0 aromatic heterocycles. The maximum atomic E-state index is 6.41. The third-order valence-electron chi connectivity index (χ3n) is 5.87. The minimum Gasteiger partial charge on any atom is -0.497 e. The summed E-state index contributed by atoms with van der Waals surface area (Å²) in [6.07, 6.45) is 0. The van der Waals surface area contributed by atoms with Crippen LogP contribution in [0.1, 0.15) is 24.1 Å². The fraction of sp³-hybridized carbons (Fsp3) is 0.143. The van der Waals surface area contributed by atoms with Gasteiger partial charge in [0, 0.05) is 23.9 Å². The molecule has 0 aliphatic carbocycles. The van der Waals surface area contributed by atoms with Gasteiger partial charge in [0.15, 0.2) is 0 Å². The monoisotopic (exact) mass is 409 g/mol. The minimum absolute atomic E-state index is 0. The van der Waals surface area contributed by atoms with Crippen LogP contribution in [0.2, 0.25) is 0 Å². The summed E-state index contributed by atoms with van der Waals surface area (Å²) >= 11 is 0. The molecule has 4 aromatic rings. The number of methoxy groups -OCH3 is 2. The van der Waals surface area contributed by atoms with Gasteiger partial charge in [0.25, 0.3) is 0 Å². The highest BCUT2D eigenvalue weighted by Crippen LogP contribution is 2.54. The highest BCUT2D eigenvalue weighted by Gasteiger charge is 2.45. The van der Waals surface area contributed by atoms with Crippen LogP contribution in [0.3, 0.4) is 0 Å². The van der Waals surface area contributed by atoms with Gasteiger partial charge >= 0.3 is 0 Å². The Bertz CT molecular complexity index is 1120. The van der Waals surface area contributed by atoms with Crippen molar-refractivity contribution in [1.82, 2.24) is 0 Å². The second-order valence-electron chi connectivity index (χ2n) is 7.32. The van der Waals surface area contributed by atoms with Gasteiger partial charge in [0.2, 0.25) is 0 Å². The summed E-state index contributed by atoms with van der Waals surface area (Å²) in [5.41, 5.74) is 5.92. The van der Waals surface area contributed by atoms with Gasteiger partial charge in [-0.25, -0.2) is 0 Å². The highest BCUT2D eigenvalue weighted by molar-refractivity contribution is 5.86. The molecule has 3 nitrogen and oxygen atoms in total. The van der Waals surface area contributed by atoms with Gasteiger partial charge in [-0.05, 0) is 42.0 Å². The molecule has 1 heterocycles. The van der Waals surface area contributed by atoms with E-state index >= 15 is 0 Å². The van der Waals surface area contributed by atoms with E-state index in [4.69, 9.17) is 9.47 Å². The van der Waals surface area contributed by atoms with Crippen LogP contribution < -0.4 is 9.64 Å². The van der Waals surface area contributed by atoms with Crippen molar-refractivity contribution >= 4 is 17.1 Å². The van der Waals surface area contributed by atoms with Crippen LogP contribution in [0.15, 0.2) is 103 Å². The molecule has 0 unspecified atom stereocenters. The van der Waals surface area contributed by atoms with E-state index in [-0.39, 0.29) is 7.43 Å². The van der Waals surface area contributed by atoms with Crippen molar-refractivity contribution in [1.29, 1.82) is 0 Å². The first-order valence-corrected chi connectivity index (χ1v) is 10.0. The van der Waals surface area contributed by atoms with E-state index in [9.17, 15) is 0 Å². The summed E-state index contributed by atoms with van der Waals surface area (Å²) in [4.78, 5) is 2.31. The van der Waals surface area contributed by atoms with Gasteiger partial charge < -0.3 is 14.4 Å². The van der Waals surface area contributed by atoms with Crippen molar-refractivity contribution in [3.63, 3.8) is 0 Å². The fourth-order valence-electron chi connectivity index (χ4n) is 4.54. The highest BCUT2D eigenvalue weighted by atomic mass is 16.5. The number of benzene rings is 4. The molecular formula is C28H27NO2. The van der Waals surface area contributed by atoms with E-state index in [0.717, 1.165) is 39.5 Å². The average Bonchev–Trinajstić information content (AvgIpc) is 2.83. The number of anilines is 3. The van der Waals surface area contributed by atoms with Gasteiger partial charge in [-0.1, -0.05) is 74.2 Å². The Kier molecular flexibility index (Phi) is 5.53. The van der Waals surface area contributed by atoms with Crippen molar-refractivity contribution in [3.05, 3.63) is 120 Å². The van der Waals surface area contributed by atoms with Gasteiger partial charge in [-0.15, -0.1) is 0 Å². The van der Waals surface area contributed by atoms with Crippen molar-refractivity contribution in [2.45, 2.75) is 13.0 Å². The summed E-state index contributed by atoms with van der Waals surface area (Å²) in [5.74, 6) is 0.827. The maximum absolute atomic E-state index is 6.41. The molecule has 4 aromatic carbocycles. The third kappa shape index (κ3) is 3.09. The molecule has 0 saturated carbocycles. The number of para-hydroxylation sites is 3. The van der Waals surface area contributed by atoms with Crippen molar-refractivity contribution in [3.8, 4) is 5.75 Å². The quantitative estimate of drug-likeness (QED) is 0.360. The summed E-state index contributed by atoms with van der Waals surface area (Å²) in [5, 5.41) is 0. The lowest BCUT2D eigenvalue weighted by molar-refractivity contribution is 0.0581. The van der Waals surface area contributed by atoms with Crippen molar-refractivity contribution in [2.75, 3.05) is 19.1 Å². The summed E-state index contributed by atoms with van der Waals surface area (Å²) in [6.45, 7) is 0. The minimum atomic E-state index is -0.718. The molecule has 5 rings (SSSR count). The lowest BCUT2D eigenvalue weighted by Gasteiger charge is -2.45. The molecule has 3 heteroatoms. The Morgan fingerprint density at radius 1 is 0.613 bits per heavy atom. The van der Waals surface area contributed by atoms with Crippen LogP contribution in [0.5, 0.6) is 5.75 Å².